The van der Waals surface area contributed by atoms with E-state index >= 15 is 0 Å². The normalized spacial score (nSPS) is 14.6. The zero-order valence-corrected chi connectivity index (χ0v) is 29.5. The molecule has 1 nitrogen and oxygen atoms in total. The first-order valence-electron chi connectivity index (χ1n) is 18.1. The fourth-order valence-electron chi connectivity index (χ4n) is 9.32. The number of nitrogens with zero attached hydrogens (tertiary/aromatic N) is 1. The minimum absolute atomic E-state index is 0.0696. The highest BCUT2D eigenvalue weighted by Gasteiger charge is 2.45. The molecule has 0 unspecified atom stereocenters. The highest BCUT2D eigenvalue weighted by molar-refractivity contribution is 6.09. The summed E-state index contributed by atoms with van der Waals surface area (Å²) in [6.07, 6.45) is 0. The molecule has 0 heterocycles. The Morgan fingerprint density at radius 3 is 1.63 bits per heavy atom. The van der Waals surface area contributed by atoms with Crippen molar-refractivity contribution in [3.05, 3.63) is 186 Å². The number of benzene rings is 8. The minimum Gasteiger partial charge on any atom is -0.310 e. The molecular weight excluding hydrogens is 615 g/mol. The van der Waals surface area contributed by atoms with Crippen LogP contribution in [0.4, 0.5) is 17.1 Å². The van der Waals surface area contributed by atoms with Crippen molar-refractivity contribution < 1.29 is 0 Å². The Balaban J connectivity index is 1.16. The molecular formula is C50H39N. The van der Waals surface area contributed by atoms with Gasteiger partial charge >= 0.3 is 0 Å². The number of anilines is 3. The minimum atomic E-state index is -0.173. The van der Waals surface area contributed by atoms with E-state index in [1.807, 2.05) is 0 Å². The van der Waals surface area contributed by atoms with Crippen LogP contribution in [0.15, 0.2) is 164 Å². The van der Waals surface area contributed by atoms with Crippen LogP contribution in [0.25, 0.3) is 54.9 Å². The molecule has 2 aliphatic carbocycles. The molecule has 51 heavy (non-hydrogen) atoms. The summed E-state index contributed by atoms with van der Waals surface area (Å²) in [6, 6.07) is 60.7. The van der Waals surface area contributed by atoms with Crippen LogP contribution in [0.3, 0.4) is 0 Å². The lowest BCUT2D eigenvalue weighted by Gasteiger charge is -2.31. The molecule has 0 saturated carbocycles. The standard InChI is InChI=1S/C50H39N/c1-49(2)45-17-11-10-16-40(45)42-28-29-43-41-27-26-38(31-46(41)50(3,4)48(43)47(42)49)51(36-23-20-33(21-24-36)32-12-6-5-7-13-32)37-25-22-35-19-18-34-14-8-9-15-39(34)44(35)30-37/h5-31H,1-4H3. The Kier molecular flexibility index (Phi) is 6.34. The Hall–Kier alpha value is -5.92. The van der Waals surface area contributed by atoms with Gasteiger partial charge in [0.15, 0.2) is 0 Å². The van der Waals surface area contributed by atoms with Crippen LogP contribution < -0.4 is 4.90 Å². The predicted molar refractivity (Wildman–Crippen MR) is 217 cm³/mol. The van der Waals surface area contributed by atoms with Crippen LogP contribution >= 0.6 is 0 Å². The molecule has 244 valence electrons. The number of hydrogen-bond acceptors (Lipinski definition) is 1. The Morgan fingerprint density at radius 2 is 0.863 bits per heavy atom. The van der Waals surface area contributed by atoms with Crippen LogP contribution in [-0.2, 0) is 10.8 Å². The largest absolute Gasteiger partial charge is 0.310 e. The van der Waals surface area contributed by atoms with Crippen molar-refractivity contribution in [1.82, 2.24) is 0 Å². The van der Waals surface area contributed by atoms with E-state index in [9.17, 15) is 0 Å². The number of rotatable bonds is 4. The summed E-state index contributed by atoms with van der Waals surface area (Å²) in [7, 11) is 0. The van der Waals surface area contributed by atoms with E-state index in [0.717, 1.165) is 11.4 Å². The summed E-state index contributed by atoms with van der Waals surface area (Å²) in [4.78, 5) is 2.44. The predicted octanol–water partition coefficient (Wildman–Crippen LogP) is 13.7. The second-order valence-corrected chi connectivity index (χ2v) is 15.4. The average Bonchev–Trinajstić information content (AvgIpc) is 3.54. The monoisotopic (exact) mass is 653 g/mol. The highest BCUT2D eigenvalue weighted by atomic mass is 15.1. The first kappa shape index (κ1) is 29.9. The van der Waals surface area contributed by atoms with Crippen molar-refractivity contribution in [2.45, 2.75) is 38.5 Å². The van der Waals surface area contributed by atoms with E-state index in [1.54, 1.807) is 0 Å². The molecule has 0 saturated heterocycles. The number of fused-ring (bicyclic) bond motifs is 10. The fraction of sp³-hybridized carbons (Fsp3) is 0.120. The van der Waals surface area contributed by atoms with Gasteiger partial charge in [-0.15, -0.1) is 0 Å². The molecule has 1 heteroatoms. The maximum absolute atomic E-state index is 2.47. The van der Waals surface area contributed by atoms with Gasteiger partial charge in [-0.3, -0.25) is 0 Å². The van der Waals surface area contributed by atoms with Crippen LogP contribution in [-0.4, -0.2) is 0 Å². The van der Waals surface area contributed by atoms with E-state index in [-0.39, 0.29) is 10.8 Å². The molecule has 0 fully saturated rings. The molecule has 10 rings (SSSR count). The lowest BCUT2D eigenvalue weighted by Crippen LogP contribution is -2.24. The van der Waals surface area contributed by atoms with E-state index in [4.69, 9.17) is 0 Å². The van der Waals surface area contributed by atoms with Crippen LogP contribution in [0, 0.1) is 0 Å². The maximum atomic E-state index is 2.47. The SMILES string of the molecule is CC1(C)c2ccccc2-c2ccc3c(c21)C(C)(C)c1cc(N(c2ccc(-c4ccccc4)cc2)c2ccc4ccc5ccccc5c4c2)ccc1-3. The van der Waals surface area contributed by atoms with Crippen molar-refractivity contribution in [1.29, 1.82) is 0 Å². The summed E-state index contributed by atoms with van der Waals surface area (Å²) in [6.45, 7) is 9.68. The van der Waals surface area contributed by atoms with Gasteiger partial charge in [-0.05, 0) is 114 Å². The summed E-state index contributed by atoms with van der Waals surface area (Å²) < 4.78 is 0. The van der Waals surface area contributed by atoms with Crippen molar-refractivity contribution in [3.8, 4) is 33.4 Å². The number of hydrogen-bond donors (Lipinski definition) is 0. The van der Waals surface area contributed by atoms with Crippen LogP contribution in [0.5, 0.6) is 0 Å². The third-order valence-corrected chi connectivity index (χ3v) is 11.8. The molecule has 8 aromatic rings. The van der Waals surface area contributed by atoms with Gasteiger partial charge in [0.25, 0.3) is 0 Å². The Morgan fingerprint density at radius 1 is 0.353 bits per heavy atom. The molecule has 0 aromatic heterocycles. The summed E-state index contributed by atoms with van der Waals surface area (Å²) in [5, 5.41) is 5.05. The Bertz CT molecular complexity index is 2680. The highest BCUT2D eigenvalue weighted by Crippen LogP contribution is 2.59. The van der Waals surface area contributed by atoms with E-state index in [0.29, 0.717) is 0 Å². The van der Waals surface area contributed by atoms with Gasteiger partial charge < -0.3 is 4.90 Å². The van der Waals surface area contributed by atoms with Gasteiger partial charge in [-0.1, -0.05) is 155 Å². The topological polar surface area (TPSA) is 3.24 Å². The van der Waals surface area contributed by atoms with E-state index in [1.165, 1.54) is 82.9 Å². The van der Waals surface area contributed by atoms with Crippen molar-refractivity contribution in [2.24, 2.45) is 0 Å². The molecule has 8 aromatic carbocycles. The van der Waals surface area contributed by atoms with Crippen molar-refractivity contribution in [3.63, 3.8) is 0 Å². The average molecular weight is 654 g/mol. The Labute approximate surface area is 300 Å². The molecule has 0 amide bonds. The second-order valence-electron chi connectivity index (χ2n) is 15.4. The molecule has 0 spiro atoms. The quantitative estimate of drug-likeness (QED) is 0.171. The van der Waals surface area contributed by atoms with Gasteiger partial charge in [0.2, 0.25) is 0 Å². The zero-order chi connectivity index (χ0) is 34.5. The lowest BCUT2D eigenvalue weighted by atomic mass is 9.72. The van der Waals surface area contributed by atoms with Gasteiger partial charge in [0, 0.05) is 27.9 Å². The molecule has 0 bridgehead atoms. The third kappa shape index (κ3) is 4.34. The lowest BCUT2D eigenvalue weighted by molar-refractivity contribution is 0.601. The maximum Gasteiger partial charge on any atom is 0.0468 e. The summed E-state index contributed by atoms with van der Waals surface area (Å²) in [5.74, 6) is 0. The summed E-state index contributed by atoms with van der Waals surface area (Å²) >= 11 is 0. The first-order valence-corrected chi connectivity index (χ1v) is 18.1. The van der Waals surface area contributed by atoms with Crippen molar-refractivity contribution >= 4 is 38.6 Å². The molecule has 2 aliphatic rings. The summed E-state index contributed by atoms with van der Waals surface area (Å²) in [5.41, 5.74) is 16.9. The van der Waals surface area contributed by atoms with Gasteiger partial charge in [0.1, 0.15) is 0 Å². The van der Waals surface area contributed by atoms with Crippen molar-refractivity contribution in [2.75, 3.05) is 4.90 Å². The van der Waals surface area contributed by atoms with Crippen LogP contribution in [0.2, 0.25) is 0 Å². The van der Waals surface area contributed by atoms with E-state index < -0.39 is 0 Å². The second kappa shape index (κ2) is 10.8. The van der Waals surface area contributed by atoms with Gasteiger partial charge in [-0.2, -0.15) is 0 Å². The van der Waals surface area contributed by atoms with E-state index in [2.05, 4.69) is 196 Å². The molecule has 0 aliphatic heterocycles. The third-order valence-electron chi connectivity index (χ3n) is 11.8. The molecule has 0 atom stereocenters. The fourth-order valence-corrected chi connectivity index (χ4v) is 9.32. The van der Waals surface area contributed by atoms with Gasteiger partial charge in [-0.25, -0.2) is 0 Å². The molecule has 0 radical (unpaired) electrons. The first-order chi connectivity index (χ1) is 24.8. The van der Waals surface area contributed by atoms with Crippen LogP contribution in [0.1, 0.15) is 49.9 Å². The smallest absolute Gasteiger partial charge is 0.0468 e. The van der Waals surface area contributed by atoms with Gasteiger partial charge in [0.05, 0.1) is 0 Å². The molecule has 0 N–H and O–H groups in total. The zero-order valence-electron chi connectivity index (χ0n) is 29.5.